The number of carbonyl (C=O) groups is 1. The number of urea groups is 1. The molecule has 24 heavy (non-hydrogen) atoms. The SMILES string of the molecule is Cc1ccc(CNc2ccc(NC(=O)N3CCCCC3)cn2)cc1. The molecule has 0 aliphatic carbocycles. The van der Waals surface area contributed by atoms with Gasteiger partial charge >= 0.3 is 6.03 Å². The molecule has 2 heterocycles. The minimum Gasteiger partial charge on any atom is -0.366 e. The van der Waals surface area contributed by atoms with Gasteiger partial charge in [-0.1, -0.05) is 29.8 Å². The maximum Gasteiger partial charge on any atom is 0.321 e. The molecule has 1 saturated heterocycles. The van der Waals surface area contributed by atoms with Crippen LogP contribution in [0.5, 0.6) is 0 Å². The van der Waals surface area contributed by atoms with Crippen LogP contribution in [0.3, 0.4) is 0 Å². The summed E-state index contributed by atoms with van der Waals surface area (Å²) in [6.45, 7) is 4.49. The fraction of sp³-hybridized carbons (Fsp3) is 0.368. The molecule has 0 radical (unpaired) electrons. The Balaban J connectivity index is 1.51. The molecule has 1 fully saturated rings. The zero-order chi connectivity index (χ0) is 16.8. The van der Waals surface area contributed by atoms with Crippen molar-refractivity contribution in [1.29, 1.82) is 0 Å². The fourth-order valence-corrected chi connectivity index (χ4v) is 2.77. The lowest BCUT2D eigenvalue weighted by Gasteiger charge is -2.26. The Morgan fingerprint density at radius 2 is 1.83 bits per heavy atom. The lowest BCUT2D eigenvalue weighted by atomic mass is 10.1. The summed E-state index contributed by atoms with van der Waals surface area (Å²) in [7, 11) is 0. The molecule has 2 N–H and O–H groups in total. The molecule has 5 heteroatoms. The van der Waals surface area contributed by atoms with Gasteiger partial charge in [-0.25, -0.2) is 9.78 Å². The second-order valence-electron chi connectivity index (χ2n) is 6.25. The zero-order valence-electron chi connectivity index (χ0n) is 14.1. The summed E-state index contributed by atoms with van der Waals surface area (Å²) in [4.78, 5) is 18.4. The number of nitrogens with one attached hydrogen (secondary N) is 2. The summed E-state index contributed by atoms with van der Waals surface area (Å²) in [5.41, 5.74) is 3.20. The average molecular weight is 324 g/mol. The van der Waals surface area contributed by atoms with Crippen LogP contribution in [0.2, 0.25) is 0 Å². The molecule has 2 amide bonds. The summed E-state index contributed by atoms with van der Waals surface area (Å²) in [6, 6.07) is 12.2. The molecule has 0 unspecified atom stereocenters. The van der Waals surface area contributed by atoms with E-state index in [1.165, 1.54) is 17.5 Å². The third-order valence-electron chi connectivity index (χ3n) is 4.25. The lowest BCUT2D eigenvalue weighted by Crippen LogP contribution is -2.38. The molecule has 0 bridgehead atoms. The van der Waals surface area contributed by atoms with Gasteiger partial charge in [0.25, 0.3) is 0 Å². The summed E-state index contributed by atoms with van der Waals surface area (Å²) in [6.07, 6.45) is 5.09. The Morgan fingerprint density at radius 1 is 1.08 bits per heavy atom. The van der Waals surface area contributed by atoms with Crippen molar-refractivity contribution in [2.24, 2.45) is 0 Å². The van der Waals surface area contributed by atoms with Gasteiger partial charge < -0.3 is 15.5 Å². The molecule has 5 nitrogen and oxygen atoms in total. The number of anilines is 2. The van der Waals surface area contributed by atoms with Crippen LogP contribution in [0.4, 0.5) is 16.3 Å². The largest absolute Gasteiger partial charge is 0.366 e. The minimum atomic E-state index is -0.0307. The molecule has 126 valence electrons. The zero-order valence-corrected chi connectivity index (χ0v) is 14.1. The topological polar surface area (TPSA) is 57.3 Å². The van der Waals surface area contributed by atoms with Gasteiger partial charge in [-0.3, -0.25) is 0 Å². The van der Waals surface area contributed by atoms with Crippen molar-refractivity contribution in [3.05, 3.63) is 53.7 Å². The van der Waals surface area contributed by atoms with Crippen molar-refractivity contribution < 1.29 is 4.79 Å². The van der Waals surface area contributed by atoms with Gasteiger partial charge in [0.1, 0.15) is 5.82 Å². The molecular formula is C19H24N4O. The first-order valence-electron chi connectivity index (χ1n) is 8.52. The molecule has 3 rings (SSSR count). The number of piperidine rings is 1. The van der Waals surface area contributed by atoms with Crippen LogP contribution < -0.4 is 10.6 Å². The van der Waals surface area contributed by atoms with Crippen molar-refractivity contribution in [2.75, 3.05) is 23.7 Å². The number of likely N-dealkylation sites (tertiary alicyclic amines) is 1. The molecule has 2 aromatic rings. The van der Waals surface area contributed by atoms with E-state index in [0.717, 1.165) is 44.0 Å². The molecule has 0 saturated carbocycles. The maximum absolute atomic E-state index is 12.2. The molecule has 1 aliphatic rings. The maximum atomic E-state index is 12.2. The Kier molecular flexibility index (Phi) is 5.31. The first-order chi connectivity index (χ1) is 11.7. The van der Waals surface area contributed by atoms with Crippen molar-refractivity contribution >= 4 is 17.5 Å². The van der Waals surface area contributed by atoms with Gasteiger partial charge in [0, 0.05) is 19.6 Å². The fourth-order valence-electron chi connectivity index (χ4n) is 2.77. The van der Waals surface area contributed by atoms with E-state index in [-0.39, 0.29) is 6.03 Å². The molecule has 0 spiro atoms. The van der Waals surface area contributed by atoms with Crippen LogP contribution >= 0.6 is 0 Å². The second-order valence-corrected chi connectivity index (χ2v) is 6.25. The van der Waals surface area contributed by atoms with E-state index in [9.17, 15) is 4.79 Å². The molecule has 0 atom stereocenters. The van der Waals surface area contributed by atoms with Gasteiger partial charge in [-0.15, -0.1) is 0 Å². The Morgan fingerprint density at radius 3 is 2.50 bits per heavy atom. The van der Waals surface area contributed by atoms with Crippen molar-refractivity contribution in [3.63, 3.8) is 0 Å². The number of rotatable bonds is 4. The van der Waals surface area contributed by atoms with Crippen molar-refractivity contribution in [1.82, 2.24) is 9.88 Å². The van der Waals surface area contributed by atoms with Crippen LogP contribution in [0.15, 0.2) is 42.6 Å². The predicted octanol–water partition coefficient (Wildman–Crippen LogP) is 4.02. The van der Waals surface area contributed by atoms with Crippen LogP contribution in [-0.2, 0) is 6.54 Å². The van der Waals surface area contributed by atoms with Crippen LogP contribution in [0.1, 0.15) is 30.4 Å². The summed E-state index contributed by atoms with van der Waals surface area (Å²) >= 11 is 0. The van der Waals surface area contributed by atoms with E-state index in [0.29, 0.717) is 0 Å². The van der Waals surface area contributed by atoms with Crippen LogP contribution in [0, 0.1) is 6.92 Å². The number of carbonyl (C=O) groups excluding carboxylic acids is 1. The minimum absolute atomic E-state index is 0.0307. The van der Waals surface area contributed by atoms with Crippen LogP contribution in [0.25, 0.3) is 0 Å². The predicted molar refractivity (Wildman–Crippen MR) is 97.2 cm³/mol. The third-order valence-corrected chi connectivity index (χ3v) is 4.25. The average Bonchev–Trinajstić information content (AvgIpc) is 2.63. The number of nitrogens with zero attached hydrogens (tertiary/aromatic N) is 2. The molecular weight excluding hydrogens is 300 g/mol. The van der Waals surface area contributed by atoms with E-state index in [1.54, 1.807) is 6.20 Å². The third kappa shape index (κ3) is 4.47. The van der Waals surface area contributed by atoms with E-state index in [1.807, 2.05) is 17.0 Å². The molecule has 1 aliphatic heterocycles. The van der Waals surface area contributed by atoms with Crippen LogP contribution in [-0.4, -0.2) is 29.0 Å². The first-order valence-corrected chi connectivity index (χ1v) is 8.52. The molecule has 1 aromatic heterocycles. The van der Waals surface area contributed by atoms with Gasteiger partial charge in [0.2, 0.25) is 0 Å². The summed E-state index contributed by atoms with van der Waals surface area (Å²) in [5, 5.41) is 6.21. The summed E-state index contributed by atoms with van der Waals surface area (Å²) in [5.74, 6) is 0.798. The Bertz CT molecular complexity index is 661. The number of amides is 2. The second kappa shape index (κ2) is 7.81. The number of aryl methyl sites for hydroxylation is 1. The Labute approximate surface area is 143 Å². The number of hydrogen-bond acceptors (Lipinski definition) is 3. The van der Waals surface area contributed by atoms with Gasteiger partial charge in [-0.05, 0) is 43.9 Å². The lowest BCUT2D eigenvalue weighted by molar-refractivity contribution is 0.200. The smallest absolute Gasteiger partial charge is 0.321 e. The van der Waals surface area contributed by atoms with E-state index >= 15 is 0 Å². The van der Waals surface area contributed by atoms with Crippen molar-refractivity contribution in [2.45, 2.75) is 32.7 Å². The van der Waals surface area contributed by atoms with E-state index < -0.39 is 0 Å². The first kappa shape index (κ1) is 16.3. The number of benzene rings is 1. The number of aromatic nitrogens is 1. The highest BCUT2D eigenvalue weighted by molar-refractivity contribution is 5.89. The Hall–Kier alpha value is -2.56. The van der Waals surface area contributed by atoms with Gasteiger partial charge in [0.05, 0.1) is 11.9 Å². The summed E-state index contributed by atoms with van der Waals surface area (Å²) < 4.78 is 0. The van der Waals surface area contributed by atoms with Gasteiger partial charge in [0.15, 0.2) is 0 Å². The van der Waals surface area contributed by atoms with Crippen molar-refractivity contribution in [3.8, 4) is 0 Å². The highest BCUT2D eigenvalue weighted by atomic mass is 16.2. The van der Waals surface area contributed by atoms with Gasteiger partial charge in [-0.2, -0.15) is 0 Å². The van der Waals surface area contributed by atoms with E-state index in [4.69, 9.17) is 0 Å². The standard InChI is InChI=1S/C19H24N4O/c1-15-5-7-16(8-6-15)13-20-18-10-9-17(14-21-18)22-19(24)23-11-3-2-4-12-23/h5-10,14H,2-4,11-13H2,1H3,(H,20,21)(H,22,24). The highest BCUT2D eigenvalue weighted by Gasteiger charge is 2.16. The quantitative estimate of drug-likeness (QED) is 0.893. The molecule has 1 aromatic carbocycles. The van der Waals surface area contributed by atoms with E-state index in [2.05, 4.69) is 46.8 Å². The monoisotopic (exact) mass is 324 g/mol. The number of pyridine rings is 1. The normalized spacial score (nSPS) is 14.3. The number of hydrogen-bond donors (Lipinski definition) is 2. The highest BCUT2D eigenvalue weighted by Crippen LogP contribution is 2.14.